The second kappa shape index (κ2) is 10.1. The van der Waals surface area contributed by atoms with Crippen LogP contribution in [0.1, 0.15) is 65.7 Å². The molecule has 5 N–H and O–H groups in total. The van der Waals surface area contributed by atoms with Crippen molar-refractivity contribution in [1.82, 2.24) is 26.4 Å². The van der Waals surface area contributed by atoms with Crippen LogP contribution < -0.4 is 21.5 Å². The van der Waals surface area contributed by atoms with E-state index in [-0.39, 0.29) is 31.0 Å². The summed E-state index contributed by atoms with van der Waals surface area (Å²) in [4.78, 5) is 15.2. The highest BCUT2D eigenvalue weighted by Gasteiger charge is 2.49. The molecule has 32 heavy (non-hydrogen) atoms. The zero-order valence-electron chi connectivity index (χ0n) is 19.6. The lowest BCUT2D eigenvalue weighted by molar-refractivity contribution is -0.175. The number of carbonyl (C=O) groups excluding carboxylic acids is 1. The predicted molar refractivity (Wildman–Crippen MR) is 116 cm³/mol. The van der Waals surface area contributed by atoms with E-state index in [1.807, 2.05) is 0 Å². The van der Waals surface area contributed by atoms with Crippen molar-refractivity contribution in [2.24, 2.45) is 17.8 Å². The molecule has 7 atom stereocenters. The van der Waals surface area contributed by atoms with Gasteiger partial charge in [0.2, 0.25) is 5.91 Å². The van der Waals surface area contributed by atoms with Crippen molar-refractivity contribution in [3.8, 4) is 0 Å². The summed E-state index contributed by atoms with van der Waals surface area (Å²) in [7, 11) is 2.07. The molecule has 3 rings (SSSR count). The normalized spacial score (nSPS) is 36.1. The first-order chi connectivity index (χ1) is 14.8. The maximum Gasteiger partial charge on any atom is 0.403 e. The van der Waals surface area contributed by atoms with E-state index in [9.17, 15) is 23.1 Å². The summed E-state index contributed by atoms with van der Waals surface area (Å²) in [5.41, 5.74) is 5.15. The average molecular weight is 464 g/mol. The van der Waals surface area contributed by atoms with Gasteiger partial charge in [-0.15, -0.1) is 0 Å². The van der Waals surface area contributed by atoms with Gasteiger partial charge >= 0.3 is 6.18 Å². The Labute approximate surface area is 189 Å². The van der Waals surface area contributed by atoms with E-state index in [2.05, 4.69) is 40.4 Å². The summed E-state index contributed by atoms with van der Waals surface area (Å²) < 4.78 is 40.3. The summed E-state index contributed by atoms with van der Waals surface area (Å²) in [6.07, 6.45) is 0.606. The number of nitrogens with zero attached hydrogens (tertiary/aromatic N) is 1. The molecular formula is C22H40F3N5O2. The maximum absolute atomic E-state index is 13.4. The summed E-state index contributed by atoms with van der Waals surface area (Å²) in [6.45, 7) is 6.09. The molecule has 3 fully saturated rings. The largest absolute Gasteiger partial charge is 0.403 e. The fourth-order valence-electron chi connectivity index (χ4n) is 5.50. The number of hydrazine groups is 1. The molecule has 2 heterocycles. The van der Waals surface area contributed by atoms with Crippen LogP contribution in [0.2, 0.25) is 0 Å². The topological polar surface area (TPSA) is 88.7 Å². The first-order valence-corrected chi connectivity index (χ1v) is 11.9. The van der Waals surface area contributed by atoms with Crippen molar-refractivity contribution in [1.29, 1.82) is 0 Å². The Morgan fingerprint density at radius 3 is 2.53 bits per heavy atom. The van der Waals surface area contributed by atoms with Crippen molar-refractivity contribution in [2.45, 2.75) is 102 Å². The molecule has 7 nitrogen and oxygen atoms in total. The van der Waals surface area contributed by atoms with Crippen LogP contribution in [-0.2, 0) is 4.79 Å². The van der Waals surface area contributed by atoms with Gasteiger partial charge in [0.1, 0.15) is 6.04 Å². The molecule has 2 saturated heterocycles. The van der Waals surface area contributed by atoms with Crippen LogP contribution in [0.5, 0.6) is 0 Å². The molecule has 186 valence electrons. The van der Waals surface area contributed by atoms with Crippen molar-refractivity contribution >= 4 is 5.91 Å². The molecule has 0 aromatic heterocycles. The van der Waals surface area contributed by atoms with Crippen LogP contribution in [0.4, 0.5) is 13.2 Å². The number of rotatable bonds is 6. The van der Waals surface area contributed by atoms with E-state index in [0.717, 1.165) is 38.8 Å². The Hall–Kier alpha value is -0.940. The zero-order valence-corrected chi connectivity index (χ0v) is 19.6. The van der Waals surface area contributed by atoms with E-state index in [0.29, 0.717) is 11.8 Å². The van der Waals surface area contributed by atoms with Gasteiger partial charge in [0.25, 0.3) is 0 Å². The fourth-order valence-corrected chi connectivity index (χ4v) is 5.50. The quantitative estimate of drug-likeness (QED) is 0.415. The molecule has 0 aromatic rings. The van der Waals surface area contributed by atoms with Gasteiger partial charge in [-0.3, -0.25) is 15.0 Å². The van der Waals surface area contributed by atoms with Crippen molar-refractivity contribution in [3.63, 3.8) is 0 Å². The van der Waals surface area contributed by atoms with Gasteiger partial charge in [0, 0.05) is 6.04 Å². The molecule has 10 heteroatoms. The summed E-state index contributed by atoms with van der Waals surface area (Å²) in [5, 5.41) is 15.9. The van der Waals surface area contributed by atoms with E-state index >= 15 is 0 Å². The van der Waals surface area contributed by atoms with Gasteiger partial charge in [-0.05, 0) is 70.8 Å². The van der Waals surface area contributed by atoms with Gasteiger partial charge < -0.3 is 10.4 Å². The van der Waals surface area contributed by atoms with Crippen LogP contribution in [0.25, 0.3) is 0 Å². The molecule has 1 amide bonds. The smallest absolute Gasteiger partial charge is 0.390 e. The highest BCUT2D eigenvalue weighted by molar-refractivity contribution is 5.82. The zero-order chi connectivity index (χ0) is 23.7. The molecule has 0 spiro atoms. The van der Waals surface area contributed by atoms with Crippen molar-refractivity contribution in [2.75, 3.05) is 13.7 Å². The summed E-state index contributed by atoms with van der Waals surface area (Å²) in [6, 6.07) is -2.76. The van der Waals surface area contributed by atoms with Crippen LogP contribution in [0, 0.1) is 17.8 Å². The number of alkyl halides is 3. The molecule has 1 saturated carbocycles. The van der Waals surface area contributed by atoms with E-state index < -0.39 is 29.8 Å². The first-order valence-electron chi connectivity index (χ1n) is 11.9. The molecule has 0 aromatic carbocycles. The third-order valence-electron chi connectivity index (χ3n) is 7.74. The van der Waals surface area contributed by atoms with Crippen molar-refractivity contribution < 1.29 is 23.1 Å². The van der Waals surface area contributed by atoms with Gasteiger partial charge in [-0.25, -0.2) is 10.9 Å². The Morgan fingerprint density at radius 2 is 1.94 bits per heavy atom. The Morgan fingerprint density at radius 1 is 1.22 bits per heavy atom. The lowest BCUT2D eigenvalue weighted by atomic mass is 9.76. The van der Waals surface area contributed by atoms with Crippen LogP contribution in [0.15, 0.2) is 0 Å². The summed E-state index contributed by atoms with van der Waals surface area (Å²) >= 11 is 0. The second-order valence-electron chi connectivity index (χ2n) is 10.7. The van der Waals surface area contributed by atoms with Gasteiger partial charge in [0.05, 0.1) is 24.5 Å². The minimum absolute atomic E-state index is 0.0234. The van der Waals surface area contributed by atoms with Crippen LogP contribution in [-0.4, -0.2) is 65.7 Å². The number of piperidine rings is 1. The standard InChI is InChI=1S/C22H40F3N5O2/c1-13(8-19-29-26-12-30(19)4)14-6-5-7-16(9-14)27-20(31)17-10-15(21(2,3)32)11-18(28-17)22(23,24)25/h13-19,26,28-29,32H,5-12H2,1-4H3,(H,27,31)/t13-,14?,15?,16?,17?,18?,19?/m1/s1. The van der Waals surface area contributed by atoms with Crippen molar-refractivity contribution in [3.05, 3.63) is 0 Å². The number of hydrogen-bond donors (Lipinski definition) is 5. The Bertz CT molecular complexity index is 620. The molecule has 0 radical (unpaired) electrons. The highest BCUT2D eigenvalue weighted by Crippen LogP contribution is 2.37. The average Bonchev–Trinajstić information content (AvgIpc) is 3.11. The number of halogens is 3. The second-order valence-corrected chi connectivity index (χ2v) is 10.7. The number of amides is 1. The SMILES string of the molecule is C[C@H](CC1NNCN1C)C1CCCC(NC(=O)C2CC(C(C)(C)O)CC(C(F)(F)F)N2)C1. The monoisotopic (exact) mass is 463 g/mol. The predicted octanol–water partition coefficient (Wildman–Crippen LogP) is 2.08. The van der Waals surface area contributed by atoms with Crippen LogP contribution in [0.3, 0.4) is 0 Å². The third kappa shape index (κ3) is 6.56. The number of carbonyl (C=O) groups is 1. The van der Waals surface area contributed by atoms with Gasteiger partial charge in [-0.2, -0.15) is 13.2 Å². The molecule has 3 aliphatic rings. The molecule has 2 aliphatic heterocycles. The number of hydrogen-bond acceptors (Lipinski definition) is 6. The maximum atomic E-state index is 13.4. The summed E-state index contributed by atoms with van der Waals surface area (Å²) in [5.74, 6) is -0.0459. The molecule has 1 aliphatic carbocycles. The highest BCUT2D eigenvalue weighted by atomic mass is 19.4. The molecule has 6 unspecified atom stereocenters. The van der Waals surface area contributed by atoms with E-state index in [1.54, 1.807) is 0 Å². The minimum Gasteiger partial charge on any atom is -0.390 e. The van der Waals surface area contributed by atoms with E-state index in [1.165, 1.54) is 13.8 Å². The minimum atomic E-state index is -4.45. The lowest BCUT2D eigenvalue weighted by Gasteiger charge is -2.42. The first kappa shape index (κ1) is 25.7. The number of aliphatic hydroxyl groups is 1. The lowest BCUT2D eigenvalue weighted by Crippen LogP contribution is -2.61. The molecular weight excluding hydrogens is 423 g/mol. The van der Waals surface area contributed by atoms with E-state index in [4.69, 9.17) is 0 Å². The van der Waals surface area contributed by atoms with Gasteiger partial charge in [0.15, 0.2) is 0 Å². The van der Waals surface area contributed by atoms with Gasteiger partial charge in [-0.1, -0.05) is 19.8 Å². The number of nitrogens with one attached hydrogen (secondary N) is 4. The molecule has 0 bridgehead atoms. The van der Waals surface area contributed by atoms with Crippen LogP contribution >= 0.6 is 0 Å². The Kier molecular flexibility index (Phi) is 8.13. The Balaban J connectivity index is 1.57. The third-order valence-corrected chi connectivity index (χ3v) is 7.74. The fraction of sp³-hybridized carbons (Fsp3) is 0.955.